The molecule has 0 radical (unpaired) electrons. The van der Waals surface area contributed by atoms with Gasteiger partial charge in [0.25, 0.3) is 0 Å². The Morgan fingerprint density at radius 3 is 2.18 bits per heavy atom. The molecule has 1 aliphatic carbocycles. The molecule has 0 amide bonds. The van der Waals surface area contributed by atoms with Crippen molar-refractivity contribution in [3.8, 4) is 0 Å². The van der Waals surface area contributed by atoms with Crippen molar-refractivity contribution < 1.29 is 4.79 Å². The van der Waals surface area contributed by atoms with Crippen LogP contribution in [0.15, 0.2) is 41.5 Å². The lowest BCUT2D eigenvalue weighted by Gasteiger charge is -2.19. The second-order valence-electron chi connectivity index (χ2n) is 5.28. The average Bonchev–Trinajstić information content (AvgIpc) is 2.51. The maximum Gasteiger partial charge on any atom is 0.166 e. The van der Waals surface area contributed by atoms with Gasteiger partial charge in [-0.1, -0.05) is 56.7 Å². The van der Waals surface area contributed by atoms with E-state index in [-0.39, 0.29) is 5.92 Å². The quantitative estimate of drug-likeness (QED) is 0.748. The normalized spacial score (nSPS) is 24.9. The van der Waals surface area contributed by atoms with E-state index in [1.165, 1.54) is 5.57 Å². The van der Waals surface area contributed by atoms with Crippen LogP contribution in [0.3, 0.4) is 0 Å². The molecule has 2 rings (SSSR count). The molecule has 0 fully saturated rings. The standard InChI is InChI=1S/C16H20O/c1-10(2)14-11(3)15(16(17)12(14)4)13-8-6-5-7-9-13/h5-11,15H,1-4H3. The molecular formula is C16H20O. The molecule has 2 unspecified atom stereocenters. The lowest BCUT2D eigenvalue weighted by molar-refractivity contribution is -0.116. The van der Waals surface area contributed by atoms with Gasteiger partial charge in [0.2, 0.25) is 0 Å². The van der Waals surface area contributed by atoms with E-state index in [9.17, 15) is 4.79 Å². The SMILES string of the molecule is CC1=C(C(C)C)C(C)C(c2ccccc2)C1=O. The third-order valence-electron chi connectivity index (χ3n) is 3.86. The Kier molecular flexibility index (Phi) is 3.19. The van der Waals surface area contributed by atoms with Crippen molar-refractivity contribution in [1.29, 1.82) is 0 Å². The van der Waals surface area contributed by atoms with Crippen molar-refractivity contribution in [1.82, 2.24) is 0 Å². The number of allylic oxidation sites excluding steroid dienone is 2. The second-order valence-corrected chi connectivity index (χ2v) is 5.28. The van der Waals surface area contributed by atoms with Gasteiger partial charge in [-0.15, -0.1) is 0 Å². The first-order chi connectivity index (χ1) is 8.04. The van der Waals surface area contributed by atoms with E-state index in [0.29, 0.717) is 17.6 Å². The van der Waals surface area contributed by atoms with Gasteiger partial charge in [0.1, 0.15) is 0 Å². The molecule has 0 saturated carbocycles. The minimum atomic E-state index is 0.0357. The third-order valence-corrected chi connectivity index (χ3v) is 3.86. The van der Waals surface area contributed by atoms with Crippen molar-refractivity contribution >= 4 is 5.78 Å². The third kappa shape index (κ3) is 1.95. The molecule has 2 atom stereocenters. The molecule has 90 valence electrons. The summed E-state index contributed by atoms with van der Waals surface area (Å²) in [6.07, 6.45) is 0. The highest BCUT2D eigenvalue weighted by atomic mass is 16.1. The predicted molar refractivity (Wildman–Crippen MR) is 70.9 cm³/mol. The van der Waals surface area contributed by atoms with Gasteiger partial charge >= 0.3 is 0 Å². The number of ketones is 1. The Morgan fingerprint density at radius 2 is 1.71 bits per heavy atom. The van der Waals surface area contributed by atoms with E-state index in [2.05, 4.69) is 32.9 Å². The number of carbonyl (C=O) groups is 1. The first kappa shape index (κ1) is 12.1. The van der Waals surface area contributed by atoms with Gasteiger partial charge in [-0.2, -0.15) is 0 Å². The Hall–Kier alpha value is -1.37. The number of Topliss-reactive ketones (excluding diaryl/α,β-unsaturated/α-hetero) is 1. The highest BCUT2D eigenvalue weighted by Crippen LogP contribution is 2.43. The van der Waals surface area contributed by atoms with E-state index < -0.39 is 0 Å². The lowest BCUT2D eigenvalue weighted by Crippen LogP contribution is -2.14. The fourth-order valence-corrected chi connectivity index (χ4v) is 3.18. The van der Waals surface area contributed by atoms with E-state index in [4.69, 9.17) is 0 Å². The van der Waals surface area contributed by atoms with Crippen LogP contribution in [-0.4, -0.2) is 5.78 Å². The number of hydrogen-bond donors (Lipinski definition) is 0. The molecule has 0 spiro atoms. The highest BCUT2D eigenvalue weighted by molar-refractivity contribution is 6.03. The molecule has 1 heteroatoms. The molecular weight excluding hydrogens is 208 g/mol. The first-order valence-electron chi connectivity index (χ1n) is 6.33. The largest absolute Gasteiger partial charge is 0.294 e. The van der Waals surface area contributed by atoms with Crippen molar-refractivity contribution in [3.63, 3.8) is 0 Å². The van der Waals surface area contributed by atoms with Crippen LogP contribution in [0, 0.1) is 11.8 Å². The molecule has 0 saturated heterocycles. The summed E-state index contributed by atoms with van der Waals surface area (Å²) in [4.78, 5) is 12.4. The summed E-state index contributed by atoms with van der Waals surface area (Å²) in [5, 5.41) is 0. The number of rotatable bonds is 2. The van der Waals surface area contributed by atoms with Gasteiger partial charge in [-0.05, 0) is 29.9 Å². The predicted octanol–water partition coefficient (Wildman–Crippen LogP) is 3.96. The first-order valence-corrected chi connectivity index (χ1v) is 6.33. The van der Waals surface area contributed by atoms with Crippen LogP contribution in [0.4, 0.5) is 0 Å². The second kappa shape index (κ2) is 4.48. The minimum Gasteiger partial charge on any atom is -0.294 e. The summed E-state index contributed by atoms with van der Waals surface area (Å²) >= 11 is 0. The maximum absolute atomic E-state index is 12.4. The Morgan fingerprint density at radius 1 is 1.12 bits per heavy atom. The fraction of sp³-hybridized carbons (Fsp3) is 0.438. The molecule has 0 N–H and O–H groups in total. The molecule has 0 bridgehead atoms. The zero-order valence-electron chi connectivity index (χ0n) is 11.0. The number of hydrogen-bond acceptors (Lipinski definition) is 1. The summed E-state index contributed by atoms with van der Waals surface area (Å²) in [6.45, 7) is 8.52. The Balaban J connectivity index is 2.40. The van der Waals surface area contributed by atoms with Crippen molar-refractivity contribution in [2.24, 2.45) is 11.8 Å². The fourth-order valence-electron chi connectivity index (χ4n) is 3.18. The van der Waals surface area contributed by atoms with Crippen LogP contribution in [0.2, 0.25) is 0 Å². The summed E-state index contributed by atoms with van der Waals surface area (Å²) in [5.41, 5.74) is 3.48. The van der Waals surface area contributed by atoms with Crippen LogP contribution in [0.1, 0.15) is 39.2 Å². The van der Waals surface area contributed by atoms with Crippen molar-refractivity contribution in [2.75, 3.05) is 0 Å². The summed E-state index contributed by atoms with van der Waals surface area (Å²) < 4.78 is 0. The van der Waals surface area contributed by atoms with Crippen molar-refractivity contribution in [3.05, 3.63) is 47.0 Å². The van der Waals surface area contributed by atoms with Crippen molar-refractivity contribution in [2.45, 2.75) is 33.6 Å². The minimum absolute atomic E-state index is 0.0357. The van der Waals surface area contributed by atoms with E-state index in [1.54, 1.807) is 0 Å². The summed E-state index contributed by atoms with van der Waals surface area (Å²) in [5.74, 6) is 1.15. The monoisotopic (exact) mass is 228 g/mol. The van der Waals surface area contributed by atoms with Gasteiger partial charge in [0.05, 0.1) is 5.92 Å². The van der Waals surface area contributed by atoms with Gasteiger partial charge in [-0.25, -0.2) is 0 Å². The van der Waals surface area contributed by atoms with Crippen LogP contribution < -0.4 is 0 Å². The molecule has 0 heterocycles. The smallest absolute Gasteiger partial charge is 0.166 e. The molecule has 0 aliphatic heterocycles. The molecule has 1 nitrogen and oxygen atoms in total. The van der Waals surface area contributed by atoms with Gasteiger partial charge in [-0.3, -0.25) is 4.79 Å². The number of carbonyl (C=O) groups excluding carboxylic acids is 1. The number of benzene rings is 1. The highest BCUT2D eigenvalue weighted by Gasteiger charge is 2.38. The summed E-state index contributed by atoms with van der Waals surface area (Å²) in [6, 6.07) is 10.2. The van der Waals surface area contributed by atoms with Gasteiger partial charge in [0.15, 0.2) is 5.78 Å². The Bertz CT molecular complexity index is 454. The zero-order chi connectivity index (χ0) is 12.6. The lowest BCUT2D eigenvalue weighted by atomic mass is 9.83. The zero-order valence-corrected chi connectivity index (χ0v) is 11.0. The molecule has 1 aromatic rings. The molecule has 1 aliphatic rings. The maximum atomic E-state index is 12.4. The summed E-state index contributed by atoms with van der Waals surface area (Å²) in [7, 11) is 0. The Labute approximate surface area is 104 Å². The molecule has 0 aromatic heterocycles. The average molecular weight is 228 g/mol. The van der Waals surface area contributed by atoms with Gasteiger partial charge in [0, 0.05) is 0 Å². The van der Waals surface area contributed by atoms with Crippen LogP contribution >= 0.6 is 0 Å². The molecule has 1 aromatic carbocycles. The van der Waals surface area contributed by atoms with E-state index in [0.717, 1.165) is 11.1 Å². The van der Waals surface area contributed by atoms with Crippen LogP contribution in [0.25, 0.3) is 0 Å². The van der Waals surface area contributed by atoms with Crippen LogP contribution in [0.5, 0.6) is 0 Å². The van der Waals surface area contributed by atoms with Gasteiger partial charge < -0.3 is 0 Å². The van der Waals surface area contributed by atoms with E-state index >= 15 is 0 Å². The molecule has 17 heavy (non-hydrogen) atoms. The van der Waals surface area contributed by atoms with Crippen LogP contribution in [-0.2, 0) is 4.79 Å². The van der Waals surface area contributed by atoms with E-state index in [1.807, 2.05) is 25.1 Å². The topological polar surface area (TPSA) is 17.1 Å².